The van der Waals surface area contributed by atoms with Gasteiger partial charge in [0.05, 0.1) is 11.1 Å². The third-order valence-corrected chi connectivity index (χ3v) is 2.70. The standard InChI is InChI=1S/C14H15NO2/c1-9(2)7-10-8-15-12-6-4-3-5-11(12)13(10)14(16)17/h3-6,8-9H,7H2,1-2H3,(H,16,17). The Kier molecular flexibility index (Phi) is 3.09. The molecule has 2 rings (SSSR count). The number of rotatable bonds is 3. The van der Waals surface area contributed by atoms with Crippen molar-refractivity contribution < 1.29 is 9.90 Å². The first kappa shape index (κ1) is 11.6. The van der Waals surface area contributed by atoms with Gasteiger partial charge in [-0.3, -0.25) is 4.98 Å². The molecular formula is C14H15NO2. The number of hydrogen-bond donors (Lipinski definition) is 1. The molecule has 0 spiro atoms. The largest absolute Gasteiger partial charge is 0.478 e. The molecule has 1 heterocycles. The molecule has 17 heavy (non-hydrogen) atoms. The number of carboxylic acid groups (broad SMARTS) is 1. The molecular weight excluding hydrogens is 214 g/mol. The van der Waals surface area contributed by atoms with Crippen molar-refractivity contribution in [3.05, 3.63) is 41.6 Å². The average Bonchev–Trinajstić information content (AvgIpc) is 2.27. The van der Waals surface area contributed by atoms with Gasteiger partial charge in [0.2, 0.25) is 0 Å². The van der Waals surface area contributed by atoms with E-state index >= 15 is 0 Å². The highest BCUT2D eigenvalue weighted by atomic mass is 16.4. The molecule has 0 atom stereocenters. The maximum atomic E-state index is 11.4. The highest BCUT2D eigenvalue weighted by Gasteiger charge is 2.15. The van der Waals surface area contributed by atoms with E-state index in [1.165, 1.54) is 0 Å². The molecule has 0 radical (unpaired) electrons. The number of nitrogens with zero attached hydrogens (tertiary/aromatic N) is 1. The number of hydrogen-bond acceptors (Lipinski definition) is 2. The maximum Gasteiger partial charge on any atom is 0.336 e. The van der Waals surface area contributed by atoms with E-state index in [1.807, 2.05) is 24.3 Å². The number of benzene rings is 1. The van der Waals surface area contributed by atoms with Gasteiger partial charge < -0.3 is 5.11 Å². The summed E-state index contributed by atoms with van der Waals surface area (Å²) in [6.45, 7) is 4.14. The number of aromatic nitrogens is 1. The molecule has 0 fully saturated rings. The van der Waals surface area contributed by atoms with E-state index in [0.29, 0.717) is 11.5 Å². The second-order valence-corrected chi connectivity index (χ2v) is 4.58. The van der Waals surface area contributed by atoms with Gasteiger partial charge in [-0.15, -0.1) is 0 Å². The van der Waals surface area contributed by atoms with Crippen LogP contribution >= 0.6 is 0 Å². The molecule has 1 aromatic carbocycles. The molecule has 1 N–H and O–H groups in total. The topological polar surface area (TPSA) is 50.2 Å². The van der Waals surface area contributed by atoms with Crippen molar-refractivity contribution in [1.29, 1.82) is 0 Å². The molecule has 0 unspecified atom stereocenters. The summed E-state index contributed by atoms with van der Waals surface area (Å²) in [7, 11) is 0. The van der Waals surface area contributed by atoms with Gasteiger partial charge in [0.25, 0.3) is 0 Å². The first-order valence-corrected chi connectivity index (χ1v) is 5.69. The van der Waals surface area contributed by atoms with Gasteiger partial charge >= 0.3 is 5.97 Å². The number of carboxylic acids is 1. The lowest BCUT2D eigenvalue weighted by atomic mass is 9.97. The summed E-state index contributed by atoms with van der Waals surface area (Å²) in [4.78, 5) is 15.7. The normalized spacial score (nSPS) is 11.0. The highest BCUT2D eigenvalue weighted by molar-refractivity contribution is 6.03. The predicted octanol–water partition coefficient (Wildman–Crippen LogP) is 3.13. The average molecular weight is 229 g/mol. The number of aromatic carboxylic acids is 1. The molecule has 88 valence electrons. The van der Waals surface area contributed by atoms with Crippen LogP contribution in [0.4, 0.5) is 0 Å². The third-order valence-electron chi connectivity index (χ3n) is 2.70. The van der Waals surface area contributed by atoms with Crippen LogP contribution in [0, 0.1) is 5.92 Å². The van der Waals surface area contributed by atoms with Gasteiger partial charge in [-0.2, -0.15) is 0 Å². The second-order valence-electron chi connectivity index (χ2n) is 4.58. The molecule has 0 saturated carbocycles. The Morgan fingerprint density at radius 3 is 2.71 bits per heavy atom. The van der Waals surface area contributed by atoms with Crippen LogP contribution in [0.1, 0.15) is 29.8 Å². The smallest absolute Gasteiger partial charge is 0.336 e. The Morgan fingerprint density at radius 1 is 1.35 bits per heavy atom. The minimum atomic E-state index is -0.876. The molecule has 0 aliphatic rings. The van der Waals surface area contributed by atoms with Crippen LogP contribution < -0.4 is 0 Å². The SMILES string of the molecule is CC(C)Cc1cnc2ccccc2c1C(=O)O. The predicted molar refractivity (Wildman–Crippen MR) is 67.2 cm³/mol. The van der Waals surface area contributed by atoms with E-state index in [1.54, 1.807) is 6.20 Å². The monoisotopic (exact) mass is 229 g/mol. The zero-order chi connectivity index (χ0) is 12.4. The minimum absolute atomic E-state index is 0.393. The lowest BCUT2D eigenvalue weighted by Gasteiger charge is -2.10. The van der Waals surface area contributed by atoms with Crippen LogP contribution in [0.15, 0.2) is 30.5 Å². The van der Waals surface area contributed by atoms with Gasteiger partial charge in [0, 0.05) is 11.6 Å². The minimum Gasteiger partial charge on any atom is -0.478 e. The number of carbonyl (C=O) groups is 1. The molecule has 1 aromatic heterocycles. The van der Waals surface area contributed by atoms with Crippen LogP contribution in [0.2, 0.25) is 0 Å². The van der Waals surface area contributed by atoms with Crippen LogP contribution in [0.3, 0.4) is 0 Å². The Hall–Kier alpha value is -1.90. The second kappa shape index (κ2) is 4.53. The fraction of sp³-hybridized carbons (Fsp3) is 0.286. The quantitative estimate of drug-likeness (QED) is 0.879. The summed E-state index contributed by atoms with van der Waals surface area (Å²) >= 11 is 0. The van der Waals surface area contributed by atoms with E-state index in [0.717, 1.165) is 22.9 Å². The number of fused-ring (bicyclic) bond motifs is 1. The summed E-state index contributed by atoms with van der Waals surface area (Å²) in [6.07, 6.45) is 2.42. The van der Waals surface area contributed by atoms with Crippen LogP contribution in [0.25, 0.3) is 10.9 Å². The molecule has 0 bridgehead atoms. The van der Waals surface area contributed by atoms with Gasteiger partial charge in [0.15, 0.2) is 0 Å². The first-order valence-electron chi connectivity index (χ1n) is 5.69. The van der Waals surface area contributed by atoms with Gasteiger partial charge in [0.1, 0.15) is 0 Å². The van der Waals surface area contributed by atoms with E-state index in [4.69, 9.17) is 0 Å². The fourth-order valence-corrected chi connectivity index (χ4v) is 2.03. The van der Waals surface area contributed by atoms with Crippen molar-refractivity contribution in [3.63, 3.8) is 0 Å². The molecule has 3 heteroatoms. The van der Waals surface area contributed by atoms with E-state index in [2.05, 4.69) is 18.8 Å². The van der Waals surface area contributed by atoms with E-state index in [-0.39, 0.29) is 0 Å². The highest BCUT2D eigenvalue weighted by Crippen LogP contribution is 2.22. The molecule has 0 aliphatic carbocycles. The number of para-hydroxylation sites is 1. The van der Waals surface area contributed by atoms with Gasteiger partial charge in [-0.25, -0.2) is 4.79 Å². The molecule has 0 amide bonds. The Labute approximate surface area is 100 Å². The van der Waals surface area contributed by atoms with E-state index in [9.17, 15) is 9.90 Å². The lowest BCUT2D eigenvalue weighted by Crippen LogP contribution is -2.07. The summed E-state index contributed by atoms with van der Waals surface area (Å²) in [5.41, 5.74) is 1.94. The molecule has 0 saturated heterocycles. The van der Waals surface area contributed by atoms with Crippen molar-refractivity contribution in [1.82, 2.24) is 4.98 Å². The van der Waals surface area contributed by atoms with Crippen LogP contribution in [-0.2, 0) is 6.42 Å². The Balaban J connectivity index is 2.68. The molecule has 2 aromatic rings. The van der Waals surface area contributed by atoms with Gasteiger partial charge in [-0.1, -0.05) is 32.0 Å². The summed E-state index contributed by atoms with van der Waals surface area (Å²) in [6, 6.07) is 7.36. The summed E-state index contributed by atoms with van der Waals surface area (Å²) < 4.78 is 0. The lowest BCUT2D eigenvalue weighted by molar-refractivity contribution is 0.0697. The molecule has 3 nitrogen and oxygen atoms in total. The molecule has 0 aliphatic heterocycles. The van der Waals surface area contributed by atoms with Crippen molar-refractivity contribution in [2.75, 3.05) is 0 Å². The zero-order valence-corrected chi connectivity index (χ0v) is 9.97. The van der Waals surface area contributed by atoms with Crippen molar-refractivity contribution in [2.24, 2.45) is 5.92 Å². The fourth-order valence-electron chi connectivity index (χ4n) is 2.03. The van der Waals surface area contributed by atoms with Crippen molar-refractivity contribution in [2.45, 2.75) is 20.3 Å². The summed E-state index contributed by atoms with van der Waals surface area (Å²) in [5, 5.41) is 10.1. The summed E-state index contributed by atoms with van der Waals surface area (Å²) in [5.74, 6) is -0.463. The Bertz CT molecular complexity index is 561. The zero-order valence-electron chi connectivity index (χ0n) is 9.97. The van der Waals surface area contributed by atoms with Gasteiger partial charge in [-0.05, 0) is 24.0 Å². The third kappa shape index (κ3) is 2.28. The number of pyridine rings is 1. The van der Waals surface area contributed by atoms with Crippen LogP contribution in [0.5, 0.6) is 0 Å². The van der Waals surface area contributed by atoms with Crippen LogP contribution in [-0.4, -0.2) is 16.1 Å². The van der Waals surface area contributed by atoms with Crippen molar-refractivity contribution in [3.8, 4) is 0 Å². The maximum absolute atomic E-state index is 11.4. The first-order chi connectivity index (χ1) is 8.09. The Morgan fingerprint density at radius 2 is 2.06 bits per heavy atom. The van der Waals surface area contributed by atoms with Crippen molar-refractivity contribution >= 4 is 16.9 Å². The van der Waals surface area contributed by atoms with E-state index < -0.39 is 5.97 Å².